The first-order valence-electron chi connectivity index (χ1n) is 28.0. The number of methoxy groups -OCH3 is 1. The van der Waals surface area contributed by atoms with Gasteiger partial charge in [0, 0.05) is 54.0 Å². The summed E-state index contributed by atoms with van der Waals surface area (Å²) in [5.74, 6) is 5.05. The average Bonchev–Trinajstić information content (AvgIpc) is 3.33. The third kappa shape index (κ3) is 12.3. The van der Waals surface area contributed by atoms with Crippen molar-refractivity contribution in [1.29, 1.82) is 0 Å². The van der Waals surface area contributed by atoms with Gasteiger partial charge in [-0.2, -0.15) is 0 Å². The van der Waals surface area contributed by atoms with Gasteiger partial charge in [-0.25, -0.2) is 0 Å². The maximum atomic E-state index is 6.90. The van der Waals surface area contributed by atoms with Gasteiger partial charge in [-0.05, 0) is 86.4 Å². The molecule has 6 rings (SSSR count). The molecule has 0 radical (unpaired) electrons. The minimum atomic E-state index is -0.400. The van der Waals surface area contributed by atoms with E-state index in [1.165, 1.54) is 0 Å². The second-order valence-corrected chi connectivity index (χ2v) is 24.6. The van der Waals surface area contributed by atoms with Crippen molar-refractivity contribution in [2.24, 2.45) is 106 Å². The molecule has 0 aromatic heterocycles. The van der Waals surface area contributed by atoms with Crippen LogP contribution in [0, 0.1) is 106 Å². The largest absolute Gasteiger partial charge is 0.356 e. The predicted molar refractivity (Wildman–Crippen MR) is 269 cm³/mol. The van der Waals surface area contributed by atoms with Crippen LogP contribution < -0.4 is 0 Å². The highest BCUT2D eigenvalue weighted by atomic mass is 16.7. The Balaban J connectivity index is 1.05. The van der Waals surface area contributed by atoms with E-state index in [0.717, 1.165) is 6.42 Å². The summed E-state index contributed by atoms with van der Waals surface area (Å²) in [5.41, 5.74) is -0.191. The maximum Gasteiger partial charge on any atom is 0.160 e. The number of hydrogen-bond acceptors (Lipinski definition) is 12. The molecule has 0 saturated carbocycles. The molecule has 0 aromatic carbocycles. The smallest absolute Gasteiger partial charge is 0.160 e. The molecule has 12 unspecified atom stereocenters. The van der Waals surface area contributed by atoms with Gasteiger partial charge >= 0.3 is 0 Å². The van der Waals surface area contributed by atoms with E-state index in [4.69, 9.17) is 56.8 Å². The highest BCUT2D eigenvalue weighted by Gasteiger charge is 2.52. The first-order chi connectivity index (χ1) is 32.5. The van der Waals surface area contributed by atoms with Crippen LogP contribution in [-0.4, -0.2) is 115 Å². The van der Waals surface area contributed by atoms with Gasteiger partial charge in [-0.3, -0.25) is 0 Å². The quantitative estimate of drug-likeness (QED) is 0.138. The van der Waals surface area contributed by atoms with Crippen molar-refractivity contribution in [2.75, 3.05) is 40.1 Å². The SMILES string of the molecule is CCC1O[C@@H](OCC2O[C@@H](OCC3O[C@@H](OC)C(C)[C@H](C)[C@H]3CO[C@@H]3OC(C)[C@H](C)[C@@H](CO[C@@H]4OC(C)[C@@](C)(CO[C@@H]5OC(C)[C@@H](C)[C@H](C)C5C)[C@H](C)C4C)C3C)C(C)[C@H](C)[C@H]2C)C(C)[C@H](C)[C@H]1C. The molecule has 12 nitrogen and oxygen atoms in total. The van der Waals surface area contributed by atoms with Gasteiger partial charge in [-0.15, -0.1) is 0 Å². The van der Waals surface area contributed by atoms with Gasteiger partial charge in [0.05, 0.1) is 69.7 Å². The van der Waals surface area contributed by atoms with Crippen molar-refractivity contribution in [1.82, 2.24) is 0 Å². The Morgan fingerprint density at radius 3 is 1.33 bits per heavy atom. The van der Waals surface area contributed by atoms with Crippen LogP contribution in [0.2, 0.25) is 0 Å². The van der Waals surface area contributed by atoms with Crippen LogP contribution in [-0.2, 0) is 56.8 Å². The van der Waals surface area contributed by atoms with E-state index in [1.807, 2.05) is 0 Å². The van der Waals surface area contributed by atoms with Gasteiger partial charge in [-0.1, -0.05) is 118 Å². The molecule has 12 heteroatoms. The van der Waals surface area contributed by atoms with E-state index in [2.05, 4.69) is 138 Å². The molecule has 6 saturated heterocycles. The molecule has 0 aromatic rings. The fourth-order valence-electron chi connectivity index (χ4n) is 13.0. The van der Waals surface area contributed by atoms with Crippen LogP contribution in [0.5, 0.6) is 0 Å². The van der Waals surface area contributed by atoms with Crippen molar-refractivity contribution < 1.29 is 56.8 Å². The summed E-state index contributed by atoms with van der Waals surface area (Å²) in [5, 5.41) is 0. The standard InChI is InChI=1S/C57H104O12/c1-22-48-33(7)29(3)36(10)52(67-48)61-25-49-34(8)30(4)37(11)53(68-49)62-26-50-47(32(6)38(12)51(58-21)69-50)24-60-56-41(15)46(40(14)44(18)65-56)23-59-55-39(13)42(16)57(20,45(19)66-55)27-63-54-35(9)28(2)31(5)43(17)64-54/h28-56H,22-27H2,1-21H3/t28-,29+,30+,31-,32-,33+,34+,35?,36?,37?,38?,39?,40-,41?,42+,43?,44?,45?,46+,47+,48?,49?,50?,51+,52+,53+,54+,55+,56+,57-/m0/s1. The highest BCUT2D eigenvalue weighted by Crippen LogP contribution is 2.48. The third-order valence-corrected chi connectivity index (χ3v) is 21.2. The lowest BCUT2D eigenvalue weighted by atomic mass is 9.67. The topological polar surface area (TPSA) is 111 Å². The van der Waals surface area contributed by atoms with Crippen LogP contribution in [0.3, 0.4) is 0 Å². The van der Waals surface area contributed by atoms with Crippen LogP contribution >= 0.6 is 0 Å². The molecule has 69 heavy (non-hydrogen) atoms. The van der Waals surface area contributed by atoms with Gasteiger partial charge < -0.3 is 56.8 Å². The van der Waals surface area contributed by atoms with Crippen molar-refractivity contribution >= 4 is 0 Å². The minimum absolute atomic E-state index is 0.00395. The van der Waals surface area contributed by atoms with Crippen LogP contribution in [0.4, 0.5) is 0 Å². The molecule has 0 amide bonds. The lowest BCUT2D eigenvalue weighted by molar-refractivity contribution is -0.314. The summed E-state index contributed by atoms with van der Waals surface area (Å²) in [6.45, 7) is 47.7. The molecule has 0 aliphatic carbocycles. The summed E-state index contributed by atoms with van der Waals surface area (Å²) < 4.78 is 79.6. The Labute approximate surface area is 421 Å². The molecular weight excluding hydrogens is 877 g/mol. The fraction of sp³-hybridized carbons (Fsp3) is 1.00. The number of ether oxygens (including phenoxy) is 12. The molecule has 6 aliphatic heterocycles. The highest BCUT2D eigenvalue weighted by molar-refractivity contribution is 4.95. The number of rotatable bonds is 17. The average molecular weight is 981 g/mol. The van der Waals surface area contributed by atoms with E-state index in [0.29, 0.717) is 86.3 Å². The van der Waals surface area contributed by atoms with Crippen LogP contribution in [0.1, 0.15) is 145 Å². The van der Waals surface area contributed by atoms with Gasteiger partial charge in [0.25, 0.3) is 0 Å². The molecular formula is C57H104O12. The summed E-state index contributed by atoms with van der Waals surface area (Å²) in [6, 6.07) is 0. The zero-order valence-electron chi connectivity index (χ0n) is 47.4. The van der Waals surface area contributed by atoms with Crippen molar-refractivity contribution in [3.63, 3.8) is 0 Å². The van der Waals surface area contributed by atoms with E-state index < -0.39 is 12.6 Å². The zero-order valence-corrected chi connectivity index (χ0v) is 47.4. The summed E-state index contributed by atoms with van der Waals surface area (Å²) in [6.07, 6.45) is -0.978. The van der Waals surface area contributed by atoms with Crippen LogP contribution in [0.15, 0.2) is 0 Å². The molecule has 0 N–H and O–H groups in total. The van der Waals surface area contributed by atoms with Crippen molar-refractivity contribution in [3.05, 3.63) is 0 Å². The Bertz CT molecular complexity index is 1550. The van der Waals surface area contributed by atoms with E-state index in [1.54, 1.807) is 7.11 Å². The van der Waals surface area contributed by atoms with E-state index in [9.17, 15) is 0 Å². The monoisotopic (exact) mass is 981 g/mol. The number of hydrogen-bond donors (Lipinski definition) is 0. The molecule has 6 heterocycles. The summed E-state index contributed by atoms with van der Waals surface area (Å²) in [7, 11) is 1.73. The Morgan fingerprint density at radius 1 is 0.348 bits per heavy atom. The first-order valence-corrected chi connectivity index (χ1v) is 28.0. The molecule has 0 bridgehead atoms. The lowest BCUT2D eigenvalue weighted by Gasteiger charge is -2.52. The first kappa shape index (κ1) is 57.8. The molecule has 6 aliphatic rings. The minimum Gasteiger partial charge on any atom is -0.356 e. The van der Waals surface area contributed by atoms with Gasteiger partial charge in [0.15, 0.2) is 37.7 Å². The van der Waals surface area contributed by atoms with E-state index in [-0.39, 0.29) is 115 Å². The van der Waals surface area contributed by atoms with Gasteiger partial charge in [0.2, 0.25) is 0 Å². The normalized spacial score (nSPS) is 53.3. The van der Waals surface area contributed by atoms with Gasteiger partial charge in [0.1, 0.15) is 0 Å². The van der Waals surface area contributed by atoms with Crippen molar-refractivity contribution in [3.8, 4) is 0 Å². The summed E-state index contributed by atoms with van der Waals surface area (Å²) >= 11 is 0. The second-order valence-electron chi connectivity index (χ2n) is 24.6. The zero-order chi connectivity index (χ0) is 51.0. The molecule has 0 spiro atoms. The molecule has 6 fully saturated rings. The summed E-state index contributed by atoms with van der Waals surface area (Å²) in [4.78, 5) is 0. The Hall–Kier alpha value is -0.480. The Kier molecular flexibility index (Phi) is 20.5. The molecule has 404 valence electrons. The lowest BCUT2D eigenvalue weighted by Crippen LogP contribution is -2.56. The van der Waals surface area contributed by atoms with Crippen molar-refractivity contribution in [2.45, 2.75) is 219 Å². The fourth-order valence-corrected chi connectivity index (χ4v) is 13.0. The molecule has 30 atom stereocenters. The third-order valence-electron chi connectivity index (χ3n) is 21.2. The predicted octanol–water partition coefficient (Wildman–Crippen LogP) is 11.3. The Morgan fingerprint density at radius 2 is 0.768 bits per heavy atom. The maximum absolute atomic E-state index is 6.90. The van der Waals surface area contributed by atoms with E-state index >= 15 is 0 Å². The second kappa shape index (κ2) is 24.5. The van der Waals surface area contributed by atoms with Crippen LogP contribution in [0.25, 0.3) is 0 Å².